The smallest absolute Gasteiger partial charge is 0.261 e. The van der Waals surface area contributed by atoms with Gasteiger partial charge in [0.1, 0.15) is 24.1 Å². The summed E-state index contributed by atoms with van der Waals surface area (Å²) in [6.07, 6.45) is 7.71. The highest BCUT2D eigenvalue weighted by Crippen LogP contribution is 2.35. The van der Waals surface area contributed by atoms with Crippen LogP contribution in [0.4, 0.5) is 11.5 Å². The van der Waals surface area contributed by atoms with Gasteiger partial charge >= 0.3 is 0 Å². The number of aryl methyl sites for hydroxylation is 1. The number of anilines is 2. The minimum absolute atomic E-state index is 0. The van der Waals surface area contributed by atoms with Crippen LogP contribution in [-0.2, 0) is 30.9 Å². The monoisotopic (exact) mass is 830 g/mol. The van der Waals surface area contributed by atoms with Gasteiger partial charge in [0.2, 0.25) is 5.43 Å². The molecule has 314 valence electrons. The van der Waals surface area contributed by atoms with Gasteiger partial charge in [0, 0.05) is 60.7 Å². The molecule has 0 saturated carbocycles. The molecule has 0 aliphatic carbocycles. The number of methoxy groups -OCH3 is 1. The lowest BCUT2D eigenvalue weighted by molar-refractivity contribution is -0.101. The summed E-state index contributed by atoms with van der Waals surface area (Å²) < 4.78 is 56.2. The zero-order valence-electron chi connectivity index (χ0n) is 33.2. The minimum Gasteiger partial charge on any atom is -0.493 e. The molecule has 16 heteroatoms. The van der Waals surface area contributed by atoms with Crippen LogP contribution in [0, 0.1) is 12.8 Å². The lowest BCUT2D eigenvalue weighted by Gasteiger charge is -2.23. The van der Waals surface area contributed by atoms with E-state index in [9.17, 15) is 18.0 Å². The van der Waals surface area contributed by atoms with Crippen molar-refractivity contribution in [3.05, 3.63) is 113 Å². The van der Waals surface area contributed by atoms with E-state index in [-0.39, 0.29) is 22.6 Å². The van der Waals surface area contributed by atoms with Gasteiger partial charge in [0.05, 0.1) is 33.2 Å². The highest BCUT2D eigenvalue weighted by Gasteiger charge is 2.21. The number of ether oxygens (including phenoxy) is 5. The van der Waals surface area contributed by atoms with E-state index in [0.29, 0.717) is 73.7 Å². The number of hydrogen-bond acceptors (Lipinski definition) is 11. The number of pyridine rings is 2. The van der Waals surface area contributed by atoms with Gasteiger partial charge in [-0.25, -0.2) is 4.98 Å². The largest absolute Gasteiger partial charge is 0.493 e. The van der Waals surface area contributed by atoms with E-state index in [0.717, 1.165) is 59.4 Å². The lowest BCUT2D eigenvalue weighted by Crippen LogP contribution is -2.33. The molecule has 5 aromatic rings. The van der Waals surface area contributed by atoms with Crippen LogP contribution in [0.3, 0.4) is 0 Å². The number of hydrogen-bond donors (Lipinski definition) is 3. The molecule has 4 heterocycles. The molecule has 2 saturated heterocycles. The fourth-order valence-corrected chi connectivity index (χ4v) is 6.64. The maximum Gasteiger partial charge on any atom is 0.261 e. The van der Waals surface area contributed by atoms with E-state index in [4.69, 9.17) is 34.0 Å². The van der Waals surface area contributed by atoms with Gasteiger partial charge in [-0.1, -0.05) is 48.0 Å². The third-order valence-corrected chi connectivity index (χ3v) is 9.68. The Hall–Kier alpha value is -5.62. The van der Waals surface area contributed by atoms with E-state index >= 15 is 0 Å². The third kappa shape index (κ3) is 12.4. The van der Waals surface area contributed by atoms with Crippen molar-refractivity contribution in [1.29, 1.82) is 0 Å². The Labute approximate surface area is 343 Å². The van der Waals surface area contributed by atoms with E-state index in [1.54, 1.807) is 31.6 Å². The molecule has 0 unspecified atom stereocenters. The van der Waals surface area contributed by atoms with Gasteiger partial charge in [-0.15, -0.1) is 0 Å². The zero-order chi connectivity index (χ0) is 41.2. The molecule has 1 atom stereocenters. The van der Waals surface area contributed by atoms with Crippen LogP contribution in [0.2, 0.25) is 0 Å². The first-order chi connectivity index (χ1) is 27.8. The summed E-state index contributed by atoms with van der Waals surface area (Å²) in [5, 5.41) is 2.94. The van der Waals surface area contributed by atoms with Crippen LogP contribution in [0.5, 0.6) is 11.5 Å². The number of nitrogen functional groups attached to an aromatic ring is 1. The van der Waals surface area contributed by atoms with Gasteiger partial charge in [-0.2, -0.15) is 8.42 Å². The summed E-state index contributed by atoms with van der Waals surface area (Å²) in [7, 11) is -2.07. The first-order valence-electron chi connectivity index (χ1n) is 18.8. The molecular weight excluding hydrogens is 781 g/mol. The van der Waals surface area contributed by atoms with Crippen LogP contribution >= 0.6 is 0 Å². The summed E-state index contributed by atoms with van der Waals surface area (Å²) >= 11 is 0. The highest BCUT2D eigenvalue weighted by atomic mass is 32.2. The Bertz CT molecular complexity index is 2350. The molecule has 0 bridgehead atoms. The molecule has 2 aliphatic rings. The van der Waals surface area contributed by atoms with Crippen molar-refractivity contribution in [2.45, 2.75) is 32.4 Å². The van der Waals surface area contributed by atoms with Crippen molar-refractivity contribution in [2.75, 3.05) is 64.1 Å². The molecule has 2 fully saturated rings. The highest BCUT2D eigenvalue weighted by molar-refractivity contribution is 7.85. The molecule has 59 heavy (non-hydrogen) atoms. The Morgan fingerprint density at radius 1 is 0.898 bits per heavy atom. The molecule has 0 radical (unpaired) electrons. The molecule has 6 N–H and O–H groups in total. The van der Waals surface area contributed by atoms with Crippen LogP contribution in [0.15, 0.2) is 96.2 Å². The summed E-state index contributed by atoms with van der Waals surface area (Å²) in [6, 6.07) is 22.8. The minimum atomic E-state index is -3.67. The van der Waals surface area contributed by atoms with Gasteiger partial charge < -0.3 is 44.8 Å². The summed E-state index contributed by atoms with van der Waals surface area (Å²) in [5.74, 6) is 1.48. The topological polar surface area (TPSA) is 222 Å². The van der Waals surface area contributed by atoms with E-state index in [1.807, 2.05) is 78.4 Å². The Morgan fingerprint density at radius 3 is 2.22 bits per heavy atom. The van der Waals surface area contributed by atoms with Crippen LogP contribution < -0.4 is 26.0 Å². The number of nitrogens with one attached hydrogen (secondary N) is 1. The number of nitrogens with two attached hydrogens (primary N) is 1. The fraction of sp³-hybridized carbons (Fsp3) is 0.326. The van der Waals surface area contributed by atoms with Crippen molar-refractivity contribution in [2.24, 2.45) is 5.92 Å². The number of benzene rings is 3. The first-order valence-corrected chi connectivity index (χ1v) is 20.7. The lowest BCUT2D eigenvalue weighted by atomic mass is 9.99. The molecule has 2 aromatic heterocycles. The van der Waals surface area contributed by atoms with E-state index in [2.05, 4.69) is 10.3 Å². The molecule has 7 rings (SSSR count). The predicted molar refractivity (Wildman–Crippen MR) is 226 cm³/mol. The number of rotatable bonds is 11. The van der Waals surface area contributed by atoms with Gasteiger partial charge in [-0.05, 0) is 72.7 Å². The quantitative estimate of drug-likeness (QED) is 0.144. The van der Waals surface area contributed by atoms with Crippen molar-refractivity contribution in [3.8, 4) is 44.9 Å². The molecule has 1 amide bonds. The van der Waals surface area contributed by atoms with E-state index in [1.165, 1.54) is 0 Å². The number of nitrogens with zero attached hydrogens (tertiary/aromatic N) is 2. The molecule has 3 aromatic carbocycles. The van der Waals surface area contributed by atoms with Crippen LogP contribution in [0.25, 0.3) is 33.4 Å². The maximum absolute atomic E-state index is 13.8. The Morgan fingerprint density at radius 2 is 1.56 bits per heavy atom. The maximum atomic E-state index is 13.8. The average molecular weight is 831 g/mol. The summed E-state index contributed by atoms with van der Waals surface area (Å²) in [4.78, 5) is 32.0. The summed E-state index contributed by atoms with van der Waals surface area (Å²) in [5.41, 5.74) is 12.3. The Balaban J connectivity index is 0.00000104. The normalized spacial score (nSPS) is 15.6. The SMILES string of the molecule is COc1cc(-c2cnc(N)c(-c3ccc(NC(=O)c4cn(CC5CCOCC5)cc(-c5ccc(C)cc5)c4=O)cc3)c2)ccc1OC[C@H]1COCCO1.CS(=O)(=O)O.O. The Kier molecular flexibility index (Phi) is 15.4. The van der Waals surface area contributed by atoms with Gasteiger partial charge in [0.15, 0.2) is 11.5 Å². The molecular formula is C43H50N4O11S. The van der Waals surface area contributed by atoms with Crippen molar-refractivity contribution in [3.63, 3.8) is 0 Å². The van der Waals surface area contributed by atoms with E-state index < -0.39 is 16.0 Å². The van der Waals surface area contributed by atoms with Crippen molar-refractivity contribution < 1.29 is 46.9 Å². The first kappa shape index (κ1) is 44.5. The van der Waals surface area contributed by atoms with Gasteiger partial charge in [-0.3, -0.25) is 14.1 Å². The zero-order valence-corrected chi connectivity index (χ0v) is 34.0. The van der Waals surface area contributed by atoms with Gasteiger partial charge in [0.25, 0.3) is 16.0 Å². The van der Waals surface area contributed by atoms with Crippen LogP contribution in [-0.4, -0.2) is 93.0 Å². The number of amides is 1. The fourth-order valence-electron chi connectivity index (χ4n) is 6.64. The molecule has 0 spiro atoms. The average Bonchev–Trinajstić information content (AvgIpc) is 3.21. The van der Waals surface area contributed by atoms with Crippen molar-refractivity contribution >= 4 is 27.5 Å². The second kappa shape index (κ2) is 20.4. The summed E-state index contributed by atoms with van der Waals surface area (Å²) in [6.45, 7) is 6.13. The number of carbonyl (C=O) groups excluding carboxylic acids is 1. The molecule has 15 nitrogen and oxygen atoms in total. The van der Waals surface area contributed by atoms with Crippen LogP contribution in [0.1, 0.15) is 28.8 Å². The third-order valence-electron chi connectivity index (χ3n) is 9.68. The number of carbonyl (C=O) groups is 1. The second-order valence-electron chi connectivity index (χ2n) is 14.2. The second-order valence-corrected chi connectivity index (χ2v) is 15.7. The molecule has 2 aliphatic heterocycles. The predicted octanol–water partition coefficient (Wildman–Crippen LogP) is 5.30. The standard InChI is InChI=1S/C42H44N4O7.CH4O3S.H2O/c1-27-3-5-30(6-4-27)36-23-46(22-28-13-15-50-16-14-28)24-37(40(36)47)42(48)45-33-10-7-29(8-11-33)35-19-32(21-44-41(35)43)31-9-12-38(39(20-31)49-2)53-26-34-25-51-17-18-52-34;1-5(2,3)4;/h3-12,19-21,23-24,28,34H,13-18,22,25-26H2,1-2H3,(H2,43,44)(H,45,48);1H3,(H,2,3,4);1H2/t34-;;/m1../s1. The van der Waals surface area contributed by atoms with Crippen molar-refractivity contribution in [1.82, 2.24) is 9.55 Å². The number of aromatic nitrogens is 2.